The normalized spacial score (nSPS) is 26.0. The molecule has 3 aliphatic carbocycles. The number of benzene rings is 2. The summed E-state index contributed by atoms with van der Waals surface area (Å²) in [6.45, 7) is 0.469. The van der Waals surface area contributed by atoms with Crippen LogP contribution in [0, 0.1) is 5.92 Å². The lowest BCUT2D eigenvalue weighted by molar-refractivity contribution is -0.123. The number of nitrogens with one attached hydrogen (secondary N) is 2. The summed E-state index contributed by atoms with van der Waals surface area (Å²) in [5.74, 6) is -0.940. The van der Waals surface area contributed by atoms with Gasteiger partial charge in [0.1, 0.15) is 0 Å². The molecule has 0 aliphatic heterocycles. The minimum Gasteiger partial charge on any atom is -0.355 e. The number of carbonyl (C=O) groups excluding carboxylic acids is 4. The van der Waals surface area contributed by atoms with Crippen molar-refractivity contribution in [3.05, 3.63) is 70.8 Å². The Bertz CT molecular complexity index is 1110. The van der Waals surface area contributed by atoms with Gasteiger partial charge in [0, 0.05) is 36.6 Å². The number of carbonyl (C=O) groups is 4. The van der Waals surface area contributed by atoms with E-state index in [0.29, 0.717) is 17.7 Å². The molecule has 0 bridgehead atoms. The molecule has 6 nitrogen and oxygen atoms in total. The fourth-order valence-corrected chi connectivity index (χ4v) is 5.50. The molecule has 4 atom stereocenters. The van der Waals surface area contributed by atoms with Gasteiger partial charge in [-0.2, -0.15) is 0 Å². The largest absolute Gasteiger partial charge is 0.355 e. The summed E-state index contributed by atoms with van der Waals surface area (Å²) in [6.07, 6.45) is 3.20. The SMILES string of the molecule is O=C1CC(C(=O)NCC2CCCC2NC(=O)C2CC(=O)c3ccccc32)c2ccccc21. The molecule has 2 amide bonds. The first-order chi connectivity index (χ1) is 15.5. The Morgan fingerprint density at radius 2 is 1.34 bits per heavy atom. The van der Waals surface area contributed by atoms with Crippen LogP contribution in [0.4, 0.5) is 0 Å². The molecule has 2 aromatic rings. The van der Waals surface area contributed by atoms with Crippen molar-refractivity contribution in [2.45, 2.75) is 50.0 Å². The van der Waals surface area contributed by atoms with Gasteiger partial charge in [-0.15, -0.1) is 0 Å². The second kappa shape index (κ2) is 8.34. The predicted octanol–water partition coefficient (Wildman–Crippen LogP) is 3.13. The molecule has 3 aliphatic rings. The third-order valence-electron chi connectivity index (χ3n) is 7.21. The van der Waals surface area contributed by atoms with Crippen LogP contribution in [0.1, 0.15) is 75.8 Å². The zero-order valence-electron chi connectivity index (χ0n) is 17.8. The maximum atomic E-state index is 13.0. The summed E-state index contributed by atoms with van der Waals surface area (Å²) in [7, 11) is 0. The van der Waals surface area contributed by atoms with Crippen molar-refractivity contribution in [2.24, 2.45) is 5.92 Å². The highest BCUT2D eigenvalue weighted by Crippen LogP contribution is 2.35. The van der Waals surface area contributed by atoms with E-state index in [4.69, 9.17) is 0 Å². The molecule has 2 N–H and O–H groups in total. The van der Waals surface area contributed by atoms with E-state index in [0.717, 1.165) is 30.4 Å². The average molecular weight is 431 g/mol. The van der Waals surface area contributed by atoms with Crippen LogP contribution in [0.2, 0.25) is 0 Å². The number of Topliss-reactive ketones (excluding diaryl/α,β-unsaturated/α-hetero) is 2. The van der Waals surface area contributed by atoms with Gasteiger partial charge >= 0.3 is 0 Å². The molecule has 0 spiro atoms. The van der Waals surface area contributed by atoms with E-state index in [1.807, 2.05) is 36.4 Å². The molecule has 2 aromatic carbocycles. The van der Waals surface area contributed by atoms with Crippen LogP contribution in [-0.2, 0) is 9.59 Å². The monoisotopic (exact) mass is 430 g/mol. The van der Waals surface area contributed by atoms with E-state index in [1.165, 1.54) is 0 Å². The molecule has 0 saturated heterocycles. The van der Waals surface area contributed by atoms with Crippen molar-refractivity contribution in [3.63, 3.8) is 0 Å². The van der Waals surface area contributed by atoms with Crippen LogP contribution in [0.3, 0.4) is 0 Å². The van der Waals surface area contributed by atoms with Crippen molar-refractivity contribution < 1.29 is 19.2 Å². The van der Waals surface area contributed by atoms with Crippen molar-refractivity contribution >= 4 is 23.4 Å². The van der Waals surface area contributed by atoms with Crippen LogP contribution in [0.5, 0.6) is 0 Å². The molecule has 4 unspecified atom stereocenters. The van der Waals surface area contributed by atoms with Crippen LogP contribution < -0.4 is 10.6 Å². The van der Waals surface area contributed by atoms with E-state index in [-0.39, 0.29) is 48.2 Å². The molecular weight excluding hydrogens is 404 g/mol. The fraction of sp³-hybridized carbons (Fsp3) is 0.385. The first-order valence-corrected chi connectivity index (χ1v) is 11.3. The number of hydrogen-bond acceptors (Lipinski definition) is 4. The molecule has 0 aromatic heterocycles. The highest BCUT2D eigenvalue weighted by atomic mass is 16.2. The molecule has 164 valence electrons. The van der Waals surface area contributed by atoms with E-state index in [9.17, 15) is 19.2 Å². The lowest BCUT2D eigenvalue weighted by Crippen LogP contribution is -2.44. The number of hydrogen-bond donors (Lipinski definition) is 2. The van der Waals surface area contributed by atoms with Gasteiger partial charge in [0.25, 0.3) is 0 Å². The van der Waals surface area contributed by atoms with Gasteiger partial charge in [-0.3, -0.25) is 19.2 Å². The topological polar surface area (TPSA) is 92.3 Å². The van der Waals surface area contributed by atoms with Gasteiger partial charge in [-0.05, 0) is 29.9 Å². The number of rotatable bonds is 5. The van der Waals surface area contributed by atoms with Crippen LogP contribution in [-0.4, -0.2) is 36.0 Å². The Morgan fingerprint density at radius 1 is 0.781 bits per heavy atom. The van der Waals surface area contributed by atoms with E-state index < -0.39 is 11.8 Å². The Morgan fingerprint density at radius 3 is 1.97 bits per heavy atom. The molecule has 0 radical (unpaired) electrons. The molecule has 32 heavy (non-hydrogen) atoms. The lowest BCUT2D eigenvalue weighted by atomic mass is 9.97. The number of fused-ring (bicyclic) bond motifs is 2. The highest BCUT2D eigenvalue weighted by Gasteiger charge is 2.38. The quantitative estimate of drug-likeness (QED) is 0.762. The van der Waals surface area contributed by atoms with E-state index >= 15 is 0 Å². The summed E-state index contributed by atoms with van der Waals surface area (Å²) >= 11 is 0. The Balaban J connectivity index is 1.20. The van der Waals surface area contributed by atoms with Crippen LogP contribution >= 0.6 is 0 Å². The first kappa shape index (κ1) is 20.6. The maximum Gasteiger partial charge on any atom is 0.228 e. The lowest BCUT2D eigenvalue weighted by Gasteiger charge is -2.24. The molecule has 0 heterocycles. The van der Waals surface area contributed by atoms with Crippen molar-refractivity contribution in [1.29, 1.82) is 0 Å². The molecule has 6 heteroatoms. The van der Waals surface area contributed by atoms with Crippen molar-refractivity contribution in [2.75, 3.05) is 6.54 Å². The molecular formula is C26H26N2O4. The second-order valence-corrected chi connectivity index (χ2v) is 9.09. The average Bonchev–Trinajstić information content (AvgIpc) is 3.49. The first-order valence-electron chi connectivity index (χ1n) is 11.3. The van der Waals surface area contributed by atoms with E-state index in [2.05, 4.69) is 10.6 Å². The van der Waals surface area contributed by atoms with Gasteiger partial charge in [0.05, 0.1) is 11.8 Å². The Hall–Kier alpha value is -3.28. The zero-order valence-corrected chi connectivity index (χ0v) is 17.8. The van der Waals surface area contributed by atoms with Crippen molar-refractivity contribution in [3.8, 4) is 0 Å². The minimum atomic E-state index is -0.436. The molecule has 1 fully saturated rings. The number of amides is 2. The summed E-state index contributed by atoms with van der Waals surface area (Å²) in [5.41, 5.74) is 2.90. The molecule has 1 saturated carbocycles. The zero-order chi connectivity index (χ0) is 22.2. The second-order valence-electron chi connectivity index (χ2n) is 9.09. The van der Waals surface area contributed by atoms with Gasteiger partial charge in [-0.1, -0.05) is 55.0 Å². The van der Waals surface area contributed by atoms with Crippen LogP contribution in [0.25, 0.3) is 0 Å². The van der Waals surface area contributed by atoms with E-state index in [1.54, 1.807) is 12.1 Å². The maximum absolute atomic E-state index is 13.0. The Kier molecular flexibility index (Phi) is 5.37. The van der Waals surface area contributed by atoms with Gasteiger partial charge in [-0.25, -0.2) is 0 Å². The Labute approximate surface area is 186 Å². The van der Waals surface area contributed by atoms with Crippen LogP contribution in [0.15, 0.2) is 48.5 Å². The summed E-state index contributed by atoms with van der Waals surface area (Å²) in [6, 6.07) is 14.6. The summed E-state index contributed by atoms with van der Waals surface area (Å²) in [4.78, 5) is 50.3. The third-order valence-corrected chi connectivity index (χ3v) is 7.21. The van der Waals surface area contributed by atoms with Gasteiger partial charge < -0.3 is 10.6 Å². The number of ketones is 2. The summed E-state index contributed by atoms with van der Waals surface area (Å²) < 4.78 is 0. The summed E-state index contributed by atoms with van der Waals surface area (Å²) in [5, 5.41) is 6.18. The standard InChI is InChI=1S/C26H26N2O4/c29-23-12-20(16-7-1-3-9-18(16)23)25(31)27-14-15-6-5-11-22(15)28-26(32)21-13-24(30)19-10-4-2-8-17(19)21/h1-4,7-10,15,20-22H,5-6,11-14H2,(H,27,31)(H,28,32). The van der Waals surface area contributed by atoms with Gasteiger partial charge in [0.2, 0.25) is 11.8 Å². The fourth-order valence-electron chi connectivity index (χ4n) is 5.50. The predicted molar refractivity (Wildman–Crippen MR) is 119 cm³/mol. The van der Waals surface area contributed by atoms with Crippen molar-refractivity contribution in [1.82, 2.24) is 10.6 Å². The highest BCUT2D eigenvalue weighted by molar-refractivity contribution is 6.07. The molecule has 5 rings (SSSR count). The van der Waals surface area contributed by atoms with Gasteiger partial charge in [0.15, 0.2) is 11.6 Å². The minimum absolute atomic E-state index is 0.0122. The third kappa shape index (κ3) is 3.64. The smallest absolute Gasteiger partial charge is 0.228 e.